The van der Waals surface area contributed by atoms with Gasteiger partial charge in [0.15, 0.2) is 0 Å². The van der Waals surface area contributed by atoms with Gasteiger partial charge in [-0.1, -0.05) is 12.1 Å². The van der Waals surface area contributed by atoms with Gasteiger partial charge >= 0.3 is 0 Å². The van der Waals surface area contributed by atoms with Crippen molar-refractivity contribution in [2.75, 3.05) is 16.8 Å². The van der Waals surface area contributed by atoms with Crippen molar-refractivity contribution in [3.8, 4) is 0 Å². The average molecular weight is 294 g/mol. The van der Waals surface area contributed by atoms with E-state index in [1.165, 1.54) is 18.2 Å². The maximum atomic E-state index is 13.4. The fourth-order valence-corrected chi connectivity index (χ4v) is 2.28. The van der Waals surface area contributed by atoms with E-state index in [-0.39, 0.29) is 23.2 Å². The molecule has 3 N–H and O–H groups in total. The number of nitrogens with one attached hydrogen (secondary N) is 1. The summed E-state index contributed by atoms with van der Waals surface area (Å²) in [5, 5.41) is 2.55. The Labute approximate surface area is 119 Å². The summed E-state index contributed by atoms with van der Waals surface area (Å²) < 4.78 is 26.2. The van der Waals surface area contributed by atoms with Gasteiger partial charge in [-0.15, -0.1) is 11.8 Å². The molecule has 0 atom stereocenters. The molecule has 20 heavy (non-hydrogen) atoms. The smallest absolute Gasteiger partial charge is 0.234 e. The highest BCUT2D eigenvalue weighted by Gasteiger charge is 2.08. The summed E-state index contributed by atoms with van der Waals surface area (Å²) in [6.07, 6.45) is 0. The highest BCUT2D eigenvalue weighted by molar-refractivity contribution is 8.00. The Hall–Kier alpha value is -2.08. The number of nitrogens with two attached hydrogens (primary N) is 1. The molecule has 0 radical (unpaired) electrons. The second-order valence-corrected chi connectivity index (χ2v) is 5.02. The first-order chi connectivity index (χ1) is 9.56. The number of hydrogen-bond acceptors (Lipinski definition) is 3. The summed E-state index contributed by atoms with van der Waals surface area (Å²) in [4.78, 5) is 12.1. The molecular formula is C14H12F2N2OS. The molecule has 0 heterocycles. The van der Waals surface area contributed by atoms with Crippen LogP contribution in [0.2, 0.25) is 0 Å². The lowest BCUT2D eigenvalue weighted by molar-refractivity contribution is -0.113. The molecule has 0 aliphatic heterocycles. The second kappa shape index (κ2) is 6.38. The number of rotatable bonds is 4. The van der Waals surface area contributed by atoms with E-state index in [0.717, 1.165) is 17.8 Å². The van der Waals surface area contributed by atoms with Gasteiger partial charge in [0.25, 0.3) is 0 Å². The standard InChI is InChI=1S/C14H12F2N2OS/c15-9-5-6-12(11(17)7-9)18-14(19)8-20-13-4-2-1-3-10(13)16/h1-7H,8,17H2,(H,18,19). The summed E-state index contributed by atoms with van der Waals surface area (Å²) in [6.45, 7) is 0. The molecule has 0 saturated carbocycles. The number of halogens is 2. The number of benzene rings is 2. The number of anilines is 2. The Morgan fingerprint density at radius 2 is 1.95 bits per heavy atom. The molecule has 0 aliphatic rings. The summed E-state index contributed by atoms with van der Waals surface area (Å²) in [5.41, 5.74) is 6.07. The van der Waals surface area contributed by atoms with Crippen molar-refractivity contribution in [3.05, 3.63) is 54.1 Å². The van der Waals surface area contributed by atoms with Crippen molar-refractivity contribution >= 4 is 29.0 Å². The average Bonchev–Trinajstić information content (AvgIpc) is 2.41. The van der Waals surface area contributed by atoms with Crippen molar-refractivity contribution in [2.24, 2.45) is 0 Å². The number of carbonyl (C=O) groups is 1. The van der Waals surface area contributed by atoms with Gasteiger partial charge in [0.05, 0.1) is 17.1 Å². The van der Waals surface area contributed by atoms with Crippen molar-refractivity contribution in [2.45, 2.75) is 4.90 Å². The molecule has 3 nitrogen and oxygen atoms in total. The Balaban J connectivity index is 1.94. The van der Waals surface area contributed by atoms with Crippen LogP contribution in [0.4, 0.5) is 20.2 Å². The Bertz CT molecular complexity index is 634. The van der Waals surface area contributed by atoms with Crippen LogP contribution < -0.4 is 11.1 Å². The minimum Gasteiger partial charge on any atom is -0.397 e. The van der Waals surface area contributed by atoms with Crippen molar-refractivity contribution in [1.29, 1.82) is 0 Å². The van der Waals surface area contributed by atoms with Gasteiger partial charge in [0.1, 0.15) is 11.6 Å². The zero-order chi connectivity index (χ0) is 14.5. The van der Waals surface area contributed by atoms with Crippen molar-refractivity contribution in [1.82, 2.24) is 0 Å². The van der Waals surface area contributed by atoms with E-state index < -0.39 is 5.82 Å². The number of nitrogen functional groups attached to an aromatic ring is 1. The van der Waals surface area contributed by atoms with Crippen LogP contribution >= 0.6 is 11.8 Å². The normalized spacial score (nSPS) is 10.3. The molecule has 0 spiro atoms. The highest BCUT2D eigenvalue weighted by Crippen LogP contribution is 2.23. The Morgan fingerprint density at radius 1 is 1.20 bits per heavy atom. The lowest BCUT2D eigenvalue weighted by Gasteiger charge is -2.08. The summed E-state index contributed by atoms with van der Waals surface area (Å²) in [5.74, 6) is -1.14. The van der Waals surface area contributed by atoms with Crippen LogP contribution in [0.5, 0.6) is 0 Å². The molecule has 104 valence electrons. The summed E-state index contributed by atoms with van der Waals surface area (Å²) in [7, 11) is 0. The summed E-state index contributed by atoms with van der Waals surface area (Å²) in [6, 6.07) is 9.92. The largest absolute Gasteiger partial charge is 0.397 e. The molecular weight excluding hydrogens is 282 g/mol. The van der Waals surface area contributed by atoms with E-state index in [0.29, 0.717) is 10.6 Å². The lowest BCUT2D eigenvalue weighted by atomic mass is 10.2. The van der Waals surface area contributed by atoms with Gasteiger partial charge < -0.3 is 11.1 Å². The first-order valence-corrected chi connectivity index (χ1v) is 6.77. The molecule has 0 unspecified atom stereocenters. The van der Waals surface area contributed by atoms with Crippen LogP contribution in [0.25, 0.3) is 0 Å². The van der Waals surface area contributed by atoms with E-state index in [1.807, 2.05) is 0 Å². The SMILES string of the molecule is Nc1cc(F)ccc1NC(=O)CSc1ccccc1F. The Kier molecular flexibility index (Phi) is 4.57. The summed E-state index contributed by atoms with van der Waals surface area (Å²) >= 11 is 1.08. The monoisotopic (exact) mass is 294 g/mol. The zero-order valence-corrected chi connectivity index (χ0v) is 11.2. The quantitative estimate of drug-likeness (QED) is 0.672. The molecule has 0 aliphatic carbocycles. The van der Waals surface area contributed by atoms with Gasteiger partial charge in [0.2, 0.25) is 5.91 Å². The maximum Gasteiger partial charge on any atom is 0.234 e. The van der Waals surface area contributed by atoms with Crippen LogP contribution in [0.15, 0.2) is 47.4 Å². The predicted molar refractivity (Wildman–Crippen MR) is 76.6 cm³/mol. The van der Waals surface area contributed by atoms with Crippen LogP contribution in [-0.4, -0.2) is 11.7 Å². The molecule has 2 aromatic carbocycles. The van der Waals surface area contributed by atoms with Gasteiger partial charge in [-0.2, -0.15) is 0 Å². The Morgan fingerprint density at radius 3 is 2.65 bits per heavy atom. The van der Waals surface area contributed by atoms with Gasteiger partial charge in [-0.3, -0.25) is 4.79 Å². The van der Waals surface area contributed by atoms with E-state index in [2.05, 4.69) is 5.32 Å². The molecule has 0 saturated heterocycles. The van der Waals surface area contributed by atoms with Crippen LogP contribution in [0.3, 0.4) is 0 Å². The second-order valence-electron chi connectivity index (χ2n) is 4.00. The molecule has 0 fully saturated rings. The van der Waals surface area contributed by atoms with Crippen molar-refractivity contribution in [3.63, 3.8) is 0 Å². The maximum absolute atomic E-state index is 13.4. The van der Waals surface area contributed by atoms with E-state index in [4.69, 9.17) is 5.73 Å². The molecule has 2 aromatic rings. The van der Waals surface area contributed by atoms with Gasteiger partial charge in [-0.05, 0) is 30.3 Å². The van der Waals surface area contributed by atoms with Gasteiger partial charge in [-0.25, -0.2) is 8.78 Å². The first kappa shape index (κ1) is 14.3. The minimum absolute atomic E-state index is 0.0394. The van der Waals surface area contributed by atoms with E-state index in [9.17, 15) is 13.6 Å². The fourth-order valence-electron chi connectivity index (χ4n) is 1.54. The third kappa shape index (κ3) is 3.71. The van der Waals surface area contributed by atoms with E-state index >= 15 is 0 Å². The number of thioether (sulfide) groups is 1. The lowest BCUT2D eigenvalue weighted by Crippen LogP contribution is -2.15. The van der Waals surface area contributed by atoms with Crippen molar-refractivity contribution < 1.29 is 13.6 Å². The molecule has 1 amide bonds. The van der Waals surface area contributed by atoms with Crippen LogP contribution in [-0.2, 0) is 4.79 Å². The number of hydrogen-bond donors (Lipinski definition) is 2. The molecule has 2 rings (SSSR count). The molecule has 0 bridgehead atoms. The van der Waals surface area contributed by atoms with Crippen LogP contribution in [0.1, 0.15) is 0 Å². The third-order valence-corrected chi connectivity index (χ3v) is 3.53. The molecule has 0 aromatic heterocycles. The third-order valence-electron chi connectivity index (χ3n) is 2.48. The minimum atomic E-state index is -0.471. The number of amides is 1. The van der Waals surface area contributed by atoms with E-state index in [1.54, 1.807) is 18.2 Å². The zero-order valence-electron chi connectivity index (χ0n) is 10.4. The van der Waals surface area contributed by atoms with Crippen LogP contribution in [0, 0.1) is 11.6 Å². The highest BCUT2D eigenvalue weighted by atomic mass is 32.2. The topological polar surface area (TPSA) is 55.1 Å². The predicted octanol–water partition coefficient (Wildman–Crippen LogP) is 3.28. The number of carbonyl (C=O) groups excluding carboxylic acids is 1. The first-order valence-electron chi connectivity index (χ1n) is 5.78. The molecule has 6 heteroatoms. The fraction of sp³-hybridized carbons (Fsp3) is 0.0714. The van der Waals surface area contributed by atoms with Gasteiger partial charge in [0, 0.05) is 4.90 Å².